The zero-order chi connectivity index (χ0) is 15.4. The lowest BCUT2D eigenvalue weighted by Crippen LogP contribution is -1.98. The molecule has 0 bridgehead atoms. The summed E-state index contributed by atoms with van der Waals surface area (Å²) in [5.41, 5.74) is 1.42. The molecule has 1 N–H and O–H groups in total. The van der Waals surface area contributed by atoms with E-state index in [0.29, 0.717) is 17.1 Å². The van der Waals surface area contributed by atoms with Crippen molar-refractivity contribution in [3.63, 3.8) is 0 Å². The van der Waals surface area contributed by atoms with Crippen LogP contribution in [0, 0.1) is 17.0 Å². The Balaban J connectivity index is 2.19. The summed E-state index contributed by atoms with van der Waals surface area (Å²) in [4.78, 5) is 10.4. The molecule has 0 saturated carbocycles. The number of nitro benzene ring substituents is 1. The van der Waals surface area contributed by atoms with Crippen LogP contribution in [-0.4, -0.2) is 17.1 Å². The minimum absolute atomic E-state index is 0.0555. The number of phenolic OH excluding ortho intramolecular Hbond substituents is 1. The third-order valence-corrected chi connectivity index (χ3v) is 2.84. The van der Waals surface area contributed by atoms with E-state index in [1.807, 2.05) is 6.92 Å². The highest BCUT2D eigenvalue weighted by atomic mass is 16.6. The maximum atomic E-state index is 10.9. The first-order valence-corrected chi connectivity index (χ1v) is 6.24. The fourth-order valence-corrected chi connectivity index (χ4v) is 1.93. The molecule has 0 atom stereocenters. The molecule has 21 heavy (non-hydrogen) atoms. The SMILES string of the molecule is COc1cc(COc2cc(C)cc(O)c2)cc([N+](=O)[O-])c1. The molecular weight excluding hydrogens is 274 g/mol. The standard InChI is InChI=1S/C15H15NO5/c1-10-3-13(17)8-15(4-10)21-9-11-5-12(16(18)19)7-14(6-11)20-2/h3-8,17H,9H2,1-2H3. The lowest BCUT2D eigenvalue weighted by Gasteiger charge is -2.09. The lowest BCUT2D eigenvalue weighted by molar-refractivity contribution is -0.385. The molecule has 2 aromatic carbocycles. The van der Waals surface area contributed by atoms with E-state index in [0.717, 1.165) is 5.56 Å². The molecule has 6 nitrogen and oxygen atoms in total. The molecule has 0 aliphatic carbocycles. The summed E-state index contributed by atoms with van der Waals surface area (Å²) in [6.07, 6.45) is 0. The van der Waals surface area contributed by atoms with Crippen molar-refractivity contribution in [2.75, 3.05) is 7.11 Å². The van der Waals surface area contributed by atoms with Gasteiger partial charge >= 0.3 is 0 Å². The highest BCUT2D eigenvalue weighted by molar-refractivity contribution is 5.43. The second-order valence-corrected chi connectivity index (χ2v) is 4.59. The number of hydrogen-bond acceptors (Lipinski definition) is 5. The van der Waals surface area contributed by atoms with Gasteiger partial charge in [-0.05, 0) is 36.2 Å². The number of nitrogens with zero attached hydrogens (tertiary/aromatic N) is 1. The number of non-ortho nitro benzene ring substituents is 1. The Morgan fingerprint density at radius 2 is 1.90 bits per heavy atom. The molecular formula is C15H15NO5. The summed E-state index contributed by atoms with van der Waals surface area (Å²) < 4.78 is 10.6. The van der Waals surface area contributed by atoms with Crippen molar-refractivity contribution in [1.82, 2.24) is 0 Å². The zero-order valence-corrected chi connectivity index (χ0v) is 11.7. The van der Waals surface area contributed by atoms with E-state index in [2.05, 4.69) is 0 Å². The smallest absolute Gasteiger partial charge is 0.273 e. The molecule has 2 rings (SSSR count). The molecule has 2 aromatic rings. The van der Waals surface area contributed by atoms with Gasteiger partial charge in [0.25, 0.3) is 5.69 Å². The normalized spacial score (nSPS) is 10.2. The van der Waals surface area contributed by atoms with Crippen LogP contribution in [0.3, 0.4) is 0 Å². The number of phenols is 1. The molecule has 0 spiro atoms. The van der Waals surface area contributed by atoms with Crippen LogP contribution in [0.15, 0.2) is 36.4 Å². The topological polar surface area (TPSA) is 81.8 Å². The summed E-state index contributed by atoms with van der Waals surface area (Å²) in [5.74, 6) is 1.01. The van der Waals surface area contributed by atoms with Crippen LogP contribution in [0.25, 0.3) is 0 Å². The minimum atomic E-state index is -0.482. The van der Waals surface area contributed by atoms with Gasteiger partial charge in [-0.2, -0.15) is 0 Å². The number of aromatic hydroxyl groups is 1. The van der Waals surface area contributed by atoms with Crippen LogP contribution >= 0.6 is 0 Å². The van der Waals surface area contributed by atoms with Gasteiger partial charge in [0.2, 0.25) is 0 Å². The summed E-state index contributed by atoms with van der Waals surface area (Å²) in [6, 6.07) is 9.32. The summed E-state index contributed by atoms with van der Waals surface area (Å²) >= 11 is 0. The molecule has 0 fully saturated rings. The largest absolute Gasteiger partial charge is 0.508 e. The van der Waals surface area contributed by atoms with E-state index in [1.165, 1.54) is 25.3 Å². The fraction of sp³-hybridized carbons (Fsp3) is 0.200. The van der Waals surface area contributed by atoms with Crippen molar-refractivity contribution in [3.8, 4) is 17.2 Å². The van der Waals surface area contributed by atoms with Gasteiger partial charge in [-0.15, -0.1) is 0 Å². The first kappa shape index (κ1) is 14.6. The van der Waals surface area contributed by atoms with Crippen LogP contribution in [0.5, 0.6) is 17.2 Å². The Labute approximate surface area is 121 Å². The second kappa shape index (κ2) is 6.13. The third-order valence-electron chi connectivity index (χ3n) is 2.84. The molecule has 0 aliphatic rings. The van der Waals surface area contributed by atoms with Crippen molar-refractivity contribution < 1.29 is 19.5 Å². The Hall–Kier alpha value is -2.76. The van der Waals surface area contributed by atoms with Crippen molar-refractivity contribution in [2.45, 2.75) is 13.5 Å². The summed E-state index contributed by atoms with van der Waals surface area (Å²) in [7, 11) is 1.45. The van der Waals surface area contributed by atoms with Gasteiger partial charge in [0.05, 0.1) is 18.1 Å². The zero-order valence-electron chi connectivity index (χ0n) is 11.7. The quantitative estimate of drug-likeness (QED) is 0.675. The van der Waals surface area contributed by atoms with E-state index in [1.54, 1.807) is 18.2 Å². The maximum absolute atomic E-state index is 10.9. The van der Waals surface area contributed by atoms with Crippen LogP contribution in [0.1, 0.15) is 11.1 Å². The molecule has 0 aliphatic heterocycles. The third kappa shape index (κ3) is 3.85. The Morgan fingerprint density at radius 1 is 1.14 bits per heavy atom. The molecule has 0 unspecified atom stereocenters. The fourth-order valence-electron chi connectivity index (χ4n) is 1.93. The van der Waals surface area contributed by atoms with Gasteiger partial charge in [0, 0.05) is 12.1 Å². The molecule has 110 valence electrons. The Bertz CT molecular complexity index is 649. The number of rotatable bonds is 5. The molecule has 0 saturated heterocycles. The summed E-state index contributed by atoms with van der Waals surface area (Å²) in [6.45, 7) is 1.98. The Kier molecular flexibility index (Phi) is 4.27. The van der Waals surface area contributed by atoms with Gasteiger partial charge in [-0.25, -0.2) is 0 Å². The lowest BCUT2D eigenvalue weighted by atomic mass is 10.2. The molecule has 0 radical (unpaired) electrons. The van der Waals surface area contributed by atoms with Crippen molar-refractivity contribution in [3.05, 3.63) is 57.6 Å². The number of aryl methyl sites for hydroxylation is 1. The molecule has 6 heteroatoms. The van der Waals surface area contributed by atoms with E-state index < -0.39 is 4.92 Å². The minimum Gasteiger partial charge on any atom is -0.508 e. The van der Waals surface area contributed by atoms with Crippen molar-refractivity contribution in [1.29, 1.82) is 0 Å². The van der Waals surface area contributed by atoms with E-state index in [9.17, 15) is 15.2 Å². The van der Waals surface area contributed by atoms with E-state index in [-0.39, 0.29) is 18.0 Å². The highest BCUT2D eigenvalue weighted by Gasteiger charge is 2.11. The van der Waals surface area contributed by atoms with Crippen molar-refractivity contribution >= 4 is 5.69 Å². The van der Waals surface area contributed by atoms with E-state index in [4.69, 9.17) is 9.47 Å². The monoisotopic (exact) mass is 289 g/mol. The number of methoxy groups -OCH3 is 1. The van der Waals surface area contributed by atoms with Gasteiger partial charge in [0.15, 0.2) is 0 Å². The van der Waals surface area contributed by atoms with Gasteiger partial charge < -0.3 is 14.6 Å². The maximum Gasteiger partial charge on any atom is 0.273 e. The van der Waals surface area contributed by atoms with Crippen molar-refractivity contribution in [2.24, 2.45) is 0 Å². The van der Waals surface area contributed by atoms with Crippen LogP contribution in [-0.2, 0) is 6.61 Å². The first-order valence-electron chi connectivity index (χ1n) is 6.24. The van der Waals surface area contributed by atoms with Gasteiger partial charge in [-0.1, -0.05) is 0 Å². The predicted octanol–water partition coefficient (Wildman–Crippen LogP) is 3.20. The molecule has 0 amide bonds. The number of nitro groups is 1. The van der Waals surface area contributed by atoms with E-state index >= 15 is 0 Å². The number of hydrogen-bond donors (Lipinski definition) is 1. The number of benzene rings is 2. The van der Waals surface area contributed by atoms with Gasteiger partial charge in [0.1, 0.15) is 23.9 Å². The highest BCUT2D eigenvalue weighted by Crippen LogP contribution is 2.25. The van der Waals surface area contributed by atoms with Crippen LogP contribution < -0.4 is 9.47 Å². The van der Waals surface area contributed by atoms with Crippen LogP contribution in [0.4, 0.5) is 5.69 Å². The predicted molar refractivity (Wildman–Crippen MR) is 76.8 cm³/mol. The Morgan fingerprint density at radius 3 is 2.52 bits per heavy atom. The molecule has 0 heterocycles. The average molecular weight is 289 g/mol. The first-order chi connectivity index (χ1) is 9.97. The molecule has 0 aromatic heterocycles. The average Bonchev–Trinajstić information content (AvgIpc) is 2.43. The van der Waals surface area contributed by atoms with Crippen LogP contribution in [0.2, 0.25) is 0 Å². The summed E-state index contributed by atoms with van der Waals surface area (Å²) in [5, 5.41) is 20.4. The number of ether oxygens (including phenoxy) is 2. The second-order valence-electron chi connectivity index (χ2n) is 4.59. The van der Waals surface area contributed by atoms with Gasteiger partial charge in [-0.3, -0.25) is 10.1 Å².